The van der Waals surface area contributed by atoms with Gasteiger partial charge in [0.25, 0.3) is 0 Å². The lowest BCUT2D eigenvalue weighted by Crippen LogP contribution is -2.40. The van der Waals surface area contributed by atoms with Gasteiger partial charge in [-0.1, -0.05) is 50.5 Å². The third kappa shape index (κ3) is 2.65. The highest BCUT2D eigenvalue weighted by molar-refractivity contribution is 5.36. The first-order valence-electron chi connectivity index (χ1n) is 8.58. The smallest absolute Gasteiger partial charge is 0.0161 e. The van der Waals surface area contributed by atoms with E-state index in [0.29, 0.717) is 6.04 Å². The van der Waals surface area contributed by atoms with Crippen LogP contribution in [0.3, 0.4) is 0 Å². The molecule has 0 bridgehead atoms. The van der Waals surface area contributed by atoms with Gasteiger partial charge in [0.15, 0.2) is 0 Å². The van der Waals surface area contributed by atoms with Crippen molar-refractivity contribution >= 4 is 0 Å². The third-order valence-corrected chi connectivity index (χ3v) is 5.92. The second-order valence-electron chi connectivity index (χ2n) is 6.85. The highest BCUT2D eigenvalue weighted by Crippen LogP contribution is 2.42. The van der Waals surface area contributed by atoms with Crippen molar-refractivity contribution < 1.29 is 0 Å². The number of fused-ring (bicyclic) bond motifs is 1. The minimum absolute atomic E-state index is 0.691. The summed E-state index contributed by atoms with van der Waals surface area (Å²) >= 11 is 0. The Bertz CT molecular complexity index is 431. The number of rotatable bonds is 4. The molecule has 0 saturated heterocycles. The van der Waals surface area contributed by atoms with Crippen molar-refractivity contribution in [3.8, 4) is 0 Å². The Morgan fingerprint density at radius 3 is 2.55 bits per heavy atom. The summed E-state index contributed by atoms with van der Waals surface area (Å²) in [6, 6.07) is 9.81. The molecule has 1 aromatic rings. The van der Waals surface area contributed by atoms with Crippen molar-refractivity contribution in [2.75, 3.05) is 7.05 Å². The van der Waals surface area contributed by atoms with Gasteiger partial charge in [-0.05, 0) is 55.7 Å². The highest BCUT2D eigenvalue weighted by Gasteiger charge is 2.35. The number of benzene rings is 1. The minimum Gasteiger partial charge on any atom is -0.316 e. The Morgan fingerprint density at radius 2 is 1.85 bits per heavy atom. The van der Waals surface area contributed by atoms with Gasteiger partial charge in [0.2, 0.25) is 0 Å². The molecular formula is C19H29N. The van der Waals surface area contributed by atoms with E-state index >= 15 is 0 Å². The number of aryl methyl sites for hydroxylation is 1. The summed E-state index contributed by atoms with van der Waals surface area (Å²) in [6.45, 7) is 2.35. The van der Waals surface area contributed by atoms with Gasteiger partial charge in [-0.3, -0.25) is 0 Å². The number of hydrogen-bond donors (Lipinski definition) is 1. The SMILES string of the molecule is CCC1CCC(C(NC)C2CCc3ccccc32)CC1. The van der Waals surface area contributed by atoms with E-state index in [2.05, 4.69) is 43.6 Å². The van der Waals surface area contributed by atoms with Gasteiger partial charge in [-0.25, -0.2) is 0 Å². The zero-order valence-electron chi connectivity index (χ0n) is 13.1. The molecule has 0 amide bonds. The van der Waals surface area contributed by atoms with Gasteiger partial charge < -0.3 is 5.32 Å². The van der Waals surface area contributed by atoms with Crippen molar-refractivity contribution in [1.29, 1.82) is 0 Å². The predicted molar refractivity (Wildman–Crippen MR) is 86.1 cm³/mol. The number of nitrogens with one attached hydrogen (secondary N) is 1. The molecule has 0 radical (unpaired) electrons. The fourth-order valence-corrected chi connectivity index (χ4v) is 4.68. The Balaban J connectivity index is 1.72. The monoisotopic (exact) mass is 271 g/mol. The molecule has 110 valence electrons. The lowest BCUT2D eigenvalue weighted by molar-refractivity contribution is 0.204. The normalized spacial score (nSPS) is 31.0. The van der Waals surface area contributed by atoms with E-state index < -0.39 is 0 Å². The quantitative estimate of drug-likeness (QED) is 0.849. The third-order valence-electron chi connectivity index (χ3n) is 5.92. The fraction of sp³-hybridized carbons (Fsp3) is 0.684. The van der Waals surface area contributed by atoms with Crippen LogP contribution in [0.2, 0.25) is 0 Å². The molecule has 0 heterocycles. The molecule has 1 fully saturated rings. The molecule has 0 spiro atoms. The summed E-state index contributed by atoms with van der Waals surface area (Å²) in [4.78, 5) is 0. The van der Waals surface area contributed by atoms with E-state index in [0.717, 1.165) is 17.8 Å². The van der Waals surface area contributed by atoms with Crippen molar-refractivity contribution in [2.24, 2.45) is 11.8 Å². The van der Waals surface area contributed by atoms with Gasteiger partial charge in [0.1, 0.15) is 0 Å². The van der Waals surface area contributed by atoms with Crippen molar-refractivity contribution in [1.82, 2.24) is 5.32 Å². The molecule has 1 heteroatoms. The average molecular weight is 271 g/mol. The molecule has 2 aliphatic carbocycles. The first-order valence-corrected chi connectivity index (χ1v) is 8.58. The largest absolute Gasteiger partial charge is 0.316 e. The van der Waals surface area contributed by atoms with Crippen molar-refractivity contribution in [3.63, 3.8) is 0 Å². The molecule has 0 aromatic heterocycles. The zero-order valence-corrected chi connectivity index (χ0v) is 13.1. The topological polar surface area (TPSA) is 12.0 Å². The van der Waals surface area contributed by atoms with E-state index in [1.54, 1.807) is 11.1 Å². The van der Waals surface area contributed by atoms with E-state index in [-0.39, 0.29) is 0 Å². The zero-order chi connectivity index (χ0) is 13.9. The Morgan fingerprint density at radius 1 is 1.10 bits per heavy atom. The van der Waals surface area contributed by atoms with Crippen LogP contribution < -0.4 is 5.32 Å². The van der Waals surface area contributed by atoms with Crippen LogP contribution >= 0.6 is 0 Å². The van der Waals surface area contributed by atoms with Crippen LogP contribution in [-0.4, -0.2) is 13.1 Å². The minimum atomic E-state index is 0.691. The second-order valence-corrected chi connectivity index (χ2v) is 6.85. The van der Waals surface area contributed by atoms with Crippen LogP contribution in [0, 0.1) is 11.8 Å². The molecule has 1 saturated carbocycles. The molecule has 2 unspecified atom stereocenters. The number of likely N-dealkylation sites (N-methyl/N-ethyl adjacent to an activating group) is 1. The molecule has 1 aromatic carbocycles. The molecule has 1 N–H and O–H groups in total. The Labute approximate surface area is 124 Å². The lowest BCUT2D eigenvalue weighted by Gasteiger charge is -2.37. The van der Waals surface area contributed by atoms with E-state index in [9.17, 15) is 0 Å². The average Bonchev–Trinajstić information content (AvgIpc) is 2.93. The summed E-state index contributed by atoms with van der Waals surface area (Å²) in [7, 11) is 2.18. The first-order chi connectivity index (χ1) is 9.83. The van der Waals surface area contributed by atoms with Crippen LogP contribution in [0.5, 0.6) is 0 Å². The molecule has 3 rings (SSSR count). The first kappa shape index (κ1) is 14.1. The van der Waals surface area contributed by atoms with Crippen molar-refractivity contribution in [3.05, 3.63) is 35.4 Å². The van der Waals surface area contributed by atoms with Gasteiger partial charge in [-0.2, -0.15) is 0 Å². The van der Waals surface area contributed by atoms with Gasteiger partial charge >= 0.3 is 0 Å². The molecule has 2 aliphatic rings. The standard InChI is InChI=1S/C19H29N/c1-3-14-8-10-16(11-9-14)19(20-2)18-13-12-15-6-4-5-7-17(15)18/h4-7,14,16,18-20H,3,8-13H2,1-2H3. The van der Waals surface area contributed by atoms with Crippen LogP contribution in [0.15, 0.2) is 24.3 Å². The fourth-order valence-electron chi connectivity index (χ4n) is 4.68. The molecule has 2 atom stereocenters. The van der Waals surface area contributed by atoms with Gasteiger partial charge in [0, 0.05) is 12.0 Å². The van der Waals surface area contributed by atoms with Crippen molar-refractivity contribution in [2.45, 2.75) is 63.8 Å². The maximum atomic E-state index is 3.69. The summed E-state index contributed by atoms with van der Waals surface area (Å²) in [6.07, 6.45) is 9.78. The highest BCUT2D eigenvalue weighted by atomic mass is 14.9. The summed E-state index contributed by atoms with van der Waals surface area (Å²) in [5.41, 5.74) is 3.23. The van der Waals surface area contributed by atoms with Crippen LogP contribution in [-0.2, 0) is 6.42 Å². The lowest BCUT2D eigenvalue weighted by atomic mass is 9.73. The molecule has 0 aliphatic heterocycles. The molecule has 1 nitrogen and oxygen atoms in total. The maximum Gasteiger partial charge on any atom is 0.0161 e. The summed E-state index contributed by atoms with van der Waals surface area (Å²) < 4.78 is 0. The van der Waals surface area contributed by atoms with Crippen LogP contribution in [0.4, 0.5) is 0 Å². The van der Waals surface area contributed by atoms with Gasteiger partial charge in [0.05, 0.1) is 0 Å². The van der Waals surface area contributed by atoms with E-state index in [1.165, 1.54) is 44.9 Å². The predicted octanol–water partition coefficient (Wildman–Crippen LogP) is 4.52. The van der Waals surface area contributed by atoms with E-state index in [1.807, 2.05) is 0 Å². The maximum absolute atomic E-state index is 3.69. The molecule has 20 heavy (non-hydrogen) atoms. The summed E-state index contributed by atoms with van der Waals surface area (Å²) in [5, 5.41) is 3.69. The summed E-state index contributed by atoms with van der Waals surface area (Å²) in [5.74, 6) is 2.64. The van der Waals surface area contributed by atoms with E-state index in [4.69, 9.17) is 0 Å². The second kappa shape index (κ2) is 6.30. The molecular weight excluding hydrogens is 242 g/mol. The van der Waals surface area contributed by atoms with Crippen LogP contribution in [0.1, 0.15) is 62.5 Å². The van der Waals surface area contributed by atoms with Gasteiger partial charge in [-0.15, -0.1) is 0 Å². The van der Waals surface area contributed by atoms with Crippen LogP contribution in [0.25, 0.3) is 0 Å². The Hall–Kier alpha value is -0.820. The Kier molecular flexibility index (Phi) is 4.45. The number of hydrogen-bond acceptors (Lipinski definition) is 1.